The highest BCUT2D eigenvalue weighted by atomic mass is 16.4. The zero-order valence-corrected chi connectivity index (χ0v) is 9.90. The van der Waals surface area contributed by atoms with Crippen molar-refractivity contribution in [1.82, 2.24) is 0 Å². The van der Waals surface area contributed by atoms with Gasteiger partial charge in [0.05, 0.1) is 0 Å². The van der Waals surface area contributed by atoms with Crippen molar-refractivity contribution in [2.45, 2.75) is 0 Å². The number of carboxylic acids is 2. The number of hydrogen-bond donors (Lipinski definition) is 2. The largest absolute Gasteiger partial charge is 0.478 e. The summed E-state index contributed by atoms with van der Waals surface area (Å²) in [6.45, 7) is 6.72. The van der Waals surface area contributed by atoms with E-state index in [2.05, 4.69) is 13.2 Å². The highest BCUT2D eigenvalue weighted by Gasteiger charge is 1.88. The molecule has 4 heteroatoms. The first-order valence-electron chi connectivity index (χ1n) is 4.92. The lowest BCUT2D eigenvalue weighted by Crippen LogP contribution is -1.91. The van der Waals surface area contributed by atoms with Gasteiger partial charge in [0.15, 0.2) is 0 Å². The van der Waals surface area contributed by atoms with Crippen molar-refractivity contribution in [2.75, 3.05) is 0 Å². The van der Waals surface area contributed by atoms with Crippen LogP contribution in [0.1, 0.15) is 0 Å². The number of rotatable bonds is 3. The molecule has 2 N–H and O–H groups in total. The Bertz CT molecular complexity index is 331. The van der Waals surface area contributed by atoms with Gasteiger partial charge in [0.25, 0.3) is 0 Å². The summed E-state index contributed by atoms with van der Waals surface area (Å²) in [5.74, 6) is -2.51. The maximum Gasteiger partial charge on any atom is 0.328 e. The lowest BCUT2D eigenvalue weighted by atomic mass is 10.4. The topological polar surface area (TPSA) is 74.6 Å². The van der Waals surface area contributed by atoms with Crippen LogP contribution in [-0.2, 0) is 9.59 Å². The Morgan fingerprint density at radius 2 is 0.944 bits per heavy atom. The zero-order chi connectivity index (χ0) is 14.2. The smallest absolute Gasteiger partial charge is 0.328 e. The molecule has 18 heavy (non-hydrogen) atoms. The predicted molar refractivity (Wildman–Crippen MR) is 71.2 cm³/mol. The number of allylic oxidation sites excluding steroid dienone is 2. The molecule has 0 amide bonds. The van der Waals surface area contributed by atoms with Crippen molar-refractivity contribution in [3.63, 3.8) is 0 Å². The molecule has 0 aliphatic heterocycles. The number of benzene rings is 1. The van der Waals surface area contributed by atoms with Crippen LogP contribution in [0.15, 0.2) is 73.9 Å². The summed E-state index contributed by atoms with van der Waals surface area (Å²) in [6, 6.07) is 12.0. The minimum atomic E-state index is -1.26. The van der Waals surface area contributed by atoms with Gasteiger partial charge in [-0.15, -0.1) is 0 Å². The van der Waals surface area contributed by atoms with Crippen LogP contribution in [0.4, 0.5) is 0 Å². The first kappa shape index (κ1) is 17.8. The van der Waals surface area contributed by atoms with E-state index in [0.717, 1.165) is 0 Å². The molecule has 1 aromatic rings. The number of carbonyl (C=O) groups is 2. The van der Waals surface area contributed by atoms with E-state index in [1.807, 2.05) is 36.4 Å². The summed E-state index contributed by atoms with van der Waals surface area (Å²) < 4.78 is 0. The Morgan fingerprint density at radius 1 is 0.722 bits per heavy atom. The molecule has 0 bridgehead atoms. The van der Waals surface area contributed by atoms with Crippen LogP contribution in [0.25, 0.3) is 0 Å². The van der Waals surface area contributed by atoms with Crippen LogP contribution in [0.5, 0.6) is 0 Å². The summed E-state index contributed by atoms with van der Waals surface area (Å²) in [5.41, 5.74) is 0. The molecule has 0 spiro atoms. The highest BCUT2D eigenvalue weighted by Crippen LogP contribution is 1.79. The number of aliphatic carboxylic acids is 2. The Hall–Kier alpha value is -2.62. The van der Waals surface area contributed by atoms with Gasteiger partial charge in [-0.1, -0.05) is 61.7 Å². The molecule has 0 aliphatic rings. The third-order valence-electron chi connectivity index (χ3n) is 1.20. The zero-order valence-electron chi connectivity index (χ0n) is 9.90. The van der Waals surface area contributed by atoms with Crippen LogP contribution in [0, 0.1) is 0 Å². The van der Waals surface area contributed by atoms with Crippen LogP contribution in [0.2, 0.25) is 0 Å². The van der Waals surface area contributed by atoms with Gasteiger partial charge in [0.1, 0.15) is 0 Å². The van der Waals surface area contributed by atoms with Gasteiger partial charge in [-0.3, -0.25) is 0 Å². The molecule has 0 unspecified atom stereocenters. The van der Waals surface area contributed by atoms with E-state index in [9.17, 15) is 9.59 Å². The van der Waals surface area contributed by atoms with Crippen molar-refractivity contribution >= 4 is 11.9 Å². The molecular formula is C14H16O4. The van der Waals surface area contributed by atoms with E-state index < -0.39 is 11.9 Å². The van der Waals surface area contributed by atoms with E-state index in [0.29, 0.717) is 12.2 Å². The van der Waals surface area contributed by atoms with Gasteiger partial charge in [0.2, 0.25) is 0 Å². The van der Waals surface area contributed by atoms with Gasteiger partial charge in [-0.2, -0.15) is 0 Å². The monoisotopic (exact) mass is 248 g/mol. The van der Waals surface area contributed by atoms with Crippen LogP contribution in [0.3, 0.4) is 0 Å². The minimum absolute atomic E-state index is 0.558. The van der Waals surface area contributed by atoms with Gasteiger partial charge >= 0.3 is 11.9 Å². The molecule has 1 rings (SSSR count). The molecule has 0 aliphatic carbocycles. The summed E-state index contributed by atoms with van der Waals surface area (Å²) in [6.07, 6.45) is 4.39. The Balaban J connectivity index is 0. The van der Waals surface area contributed by atoms with Crippen LogP contribution in [-0.4, -0.2) is 22.2 Å². The number of carboxylic acid groups (broad SMARTS) is 2. The Labute approximate surface area is 106 Å². The van der Waals surface area contributed by atoms with Crippen LogP contribution < -0.4 is 0 Å². The minimum Gasteiger partial charge on any atom is -0.478 e. The van der Waals surface area contributed by atoms with Crippen molar-refractivity contribution in [2.24, 2.45) is 0 Å². The SMILES string of the molecule is C=CC=C.O=C(O)/C=C\C(=O)O.c1ccccc1. The van der Waals surface area contributed by atoms with Crippen molar-refractivity contribution in [3.05, 3.63) is 73.9 Å². The molecule has 0 atom stereocenters. The average molecular weight is 248 g/mol. The molecule has 0 fully saturated rings. The molecule has 96 valence electrons. The van der Waals surface area contributed by atoms with E-state index in [1.165, 1.54) is 0 Å². The maximum absolute atomic E-state index is 9.55. The maximum atomic E-state index is 9.55. The summed E-state index contributed by atoms with van der Waals surface area (Å²) >= 11 is 0. The van der Waals surface area contributed by atoms with Crippen molar-refractivity contribution in [3.8, 4) is 0 Å². The average Bonchev–Trinajstić information content (AvgIpc) is 2.39. The Morgan fingerprint density at radius 3 is 1.06 bits per heavy atom. The van der Waals surface area contributed by atoms with Crippen molar-refractivity contribution in [1.29, 1.82) is 0 Å². The van der Waals surface area contributed by atoms with Gasteiger partial charge in [-0.25, -0.2) is 9.59 Å². The lowest BCUT2D eigenvalue weighted by molar-refractivity contribution is -0.134. The molecule has 0 saturated heterocycles. The summed E-state index contributed by atoms with van der Waals surface area (Å²) in [5, 5.41) is 15.6. The number of hydrogen-bond acceptors (Lipinski definition) is 2. The third kappa shape index (κ3) is 23.3. The van der Waals surface area contributed by atoms with E-state index >= 15 is 0 Å². The molecule has 1 aromatic carbocycles. The van der Waals surface area contributed by atoms with E-state index in [4.69, 9.17) is 10.2 Å². The third-order valence-corrected chi connectivity index (χ3v) is 1.20. The molecule has 0 saturated carbocycles. The summed E-state index contributed by atoms with van der Waals surface area (Å²) in [4.78, 5) is 19.1. The molecule has 0 radical (unpaired) electrons. The van der Waals surface area contributed by atoms with E-state index in [-0.39, 0.29) is 0 Å². The standard InChI is InChI=1S/C6H6.C4H4O4.C4H6/c1-2-4-6-5-3-1;5-3(6)1-2-4(7)8;1-3-4-2/h1-6H;1-2H,(H,5,6)(H,7,8);3-4H,1-2H2/b;2-1-;. The summed E-state index contributed by atoms with van der Waals surface area (Å²) in [7, 11) is 0. The van der Waals surface area contributed by atoms with Crippen molar-refractivity contribution < 1.29 is 19.8 Å². The lowest BCUT2D eigenvalue weighted by Gasteiger charge is -1.74. The van der Waals surface area contributed by atoms with Crippen LogP contribution >= 0.6 is 0 Å². The molecule has 0 aromatic heterocycles. The fourth-order valence-electron chi connectivity index (χ4n) is 0.527. The second-order valence-corrected chi connectivity index (χ2v) is 2.64. The highest BCUT2D eigenvalue weighted by molar-refractivity contribution is 5.89. The molecule has 4 nitrogen and oxygen atoms in total. The fraction of sp³-hybridized carbons (Fsp3) is 0. The first-order chi connectivity index (χ1) is 8.54. The van der Waals surface area contributed by atoms with Gasteiger partial charge in [0, 0.05) is 12.2 Å². The Kier molecular flexibility index (Phi) is 14.2. The normalized spacial score (nSPS) is 8.00. The molecule has 0 heterocycles. The molecular weight excluding hydrogens is 232 g/mol. The first-order valence-corrected chi connectivity index (χ1v) is 4.92. The quantitative estimate of drug-likeness (QED) is 0.637. The van der Waals surface area contributed by atoms with Gasteiger partial charge < -0.3 is 10.2 Å². The fourth-order valence-corrected chi connectivity index (χ4v) is 0.527. The van der Waals surface area contributed by atoms with Gasteiger partial charge in [-0.05, 0) is 0 Å². The second kappa shape index (κ2) is 14.4. The predicted octanol–water partition coefficient (Wildman–Crippen LogP) is 2.76. The van der Waals surface area contributed by atoms with E-state index in [1.54, 1.807) is 12.2 Å². The second-order valence-electron chi connectivity index (χ2n) is 2.64.